The Morgan fingerprint density at radius 2 is 2.40 bits per heavy atom. The maximum absolute atomic E-state index is 10.4. The van der Waals surface area contributed by atoms with Crippen molar-refractivity contribution in [2.24, 2.45) is 0 Å². The average Bonchev–Trinajstić information content (AvgIpc) is 2.08. The number of rotatable bonds is 1. The van der Waals surface area contributed by atoms with Crippen LogP contribution < -0.4 is 10.1 Å². The number of aliphatic carboxylic acids is 1. The summed E-state index contributed by atoms with van der Waals surface area (Å²) in [5, 5.41) is 10.0. The second-order valence-corrected chi connectivity index (χ2v) is 6.91. The van der Waals surface area contributed by atoms with Gasteiger partial charge in [-0.2, -0.15) is 10.0 Å². The van der Waals surface area contributed by atoms with Gasteiger partial charge in [0.05, 0.1) is 5.75 Å². The van der Waals surface area contributed by atoms with E-state index in [9.17, 15) is 9.90 Å². The summed E-state index contributed by atoms with van der Waals surface area (Å²) < 4.78 is 0. The van der Waals surface area contributed by atoms with Crippen LogP contribution in [-0.2, 0) is 4.79 Å². The number of nitrogens with one attached hydrogen (secondary N) is 1. The van der Waals surface area contributed by atoms with Crippen molar-refractivity contribution in [1.29, 1.82) is 0 Å². The molecule has 1 aliphatic rings. The summed E-state index contributed by atoms with van der Waals surface area (Å²) in [4.78, 5) is 13.2. The largest absolute Gasteiger partial charge is 0.543 e. The molecule has 0 spiro atoms. The van der Waals surface area contributed by atoms with Crippen LogP contribution >= 0.6 is 10.0 Å². The smallest absolute Gasteiger partial charge is 0.221 e. The zero-order valence-corrected chi connectivity index (χ0v) is 6.90. The van der Waals surface area contributed by atoms with Crippen molar-refractivity contribution in [3.05, 3.63) is 0 Å². The summed E-state index contributed by atoms with van der Waals surface area (Å²) in [5.41, 5.74) is 0. The Morgan fingerprint density at radius 1 is 1.80 bits per heavy atom. The number of carboxylic acid groups (broad SMARTS) is 1. The van der Waals surface area contributed by atoms with Gasteiger partial charge in [-0.15, -0.1) is 0 Å². The van der Waals surface area contributed by atoms with E-state index in [1.807, 2.05) is 18.7 Å². The van der Waals surface area contributed by atoms with Gasteiger partial charge in [0.25, 0.3) is 0 Å². The second-order valence-electron chi connectivity index (χ2n) is 2.86. The molecule has 0 saturated carbocycles. The van der Waals surface area contributed by atoms with Crippen molar-refractivity contribution >= 4 is 22.2 Å². The van der Waals surface area contributed by atoms with Crippen LogP contribution in [0.4, 0.5) is 0 Å². The van der Waals surface area contributed by atoms with Crippen LogP contribution in [0, 0.1) is 0 Å². The molecule has 10 heavy (non-hydrogen) atoms. The minimum Gasteiger partial charge on any atom is -0.543 e. The molecule has 0 aromatic heterocycles. The molecule has 1 atom stereocenters. The first-order chi connectivity index (χ1) is 4.54. The van der Waals surface area contributed by atoms with E-state index in [0.717, 1.165) is 5.75 Å². The van der Waals surface area contributed by atoms with E-state index in [1.54, 1.807) is 0 Å². The first-order valence-corrected chi connectivity index (χ1v) is 5.71. The first kappa shape index (κ1) is 7.60. The molecule has 0 fully saturated rings. The van der Waals surface area contributed by atoms with Crippen LogP contribution in [0.15, 0.2) is 0 Å². The third-order valence-corrected chi connectivity index (χ3v) is 4.26. The molecule has 3 nitrogen and oxygen atoms in total. The van der Waals surface area contributed by atoms with Gasteiger partial charge in [-0.25, -0.2) is 4.99 Å². The lowest BCUT2D eigenvalue weighted by Crippen LogP contribution is -2.78. The van der Waals surface area contributed by atoms with Crippen LogP contribution in [0.2, 0.25) is 0 Å². The van der Waals surface area contributed by atoms with Gasteiger partial charge in [-0.3, -0.25) is 0 Å². The Bertz CT molecular complexity index is 188. The summed E-state index contributed by atoms with van der Waals surface area (Å²) in [6.45, 7) is 0. The molecule has 0 saturated heterocycles. The minimum absolute atomic E-state index is 0.438. The van der Waals surface area contributed by atoms with Gasteiger partial charge in [-0.1, -0.05) is 0 Å². The highest BCUT2D eigenvalue weighted by molar-refractivity contribution is 8.34. The third kappa shape index (κ3) is 1.16. The number of carboxylic acids is 1. The average molecular weight is 161 g/mol. The van der Waals surface area contributed by atoms with E-state index in [-0.39, 0.29) is 0 Å². The van der Waals surface area contributed by atoms with Gasteiger partial charge in [-0.05, 0) is 12.5 Å². The standard InChI is InChI=1S/C6H11NO2S/c1-10(2)4-3-7-5(10)6(8)9/h3,5H,4H2,1-2H3,(H,8,9). The Morgan fingerprint density at radius 3 is 2.60 bits per heavy atom. The molecular weight excluding hydrogens is 150 g/mol. The van der Waals surface area contributed by atoms with E-state index in [4.69, 9.17) is 0 Å². The normalized spacial score (nSPS) is 32.0. The molecule has 0 aromatic carbocycles. The maximum atomic E-state index is 10.4. The fraction of sp³-hybridized carbons (Fsp3) is 0.667. The number of carbonyl (C=O) groups excluding carboxylic acids is 1. The summed E-state index contributed by atoms with van der Waals surface area (Å²) in [6, 6.07) is 0. The van der Waals surface area contributed by atoms with E-state index in [0.29, 0.717) is 0 Å². The van der Waals surface area contributed by atoms with E-state index in [1.165, 1.54) is 0 Å². The first-order valence-electron chi connectivity index (χ1n) is 3.02. The van der Waals surface area contributed by atoms with Crippen molar-refractivity contribution in [3.63, 3.8) is 0 Å². The predicted molar refractivity (Wildman–Crippen MR) is 40.1 cm³/mol. The monoisotopic (exact) mass is 161 g/mol. The second kappa shape index (κ2) is 2.27. The summed E-state index contributed by atoms with van der Waals surface area (Å²) in [6.07, 6.45) is 5.80. The molecule has 4 heteroatoms. The van der Waals surface area contributed by atoms with Crippen LogP contribution in [-0.4, -0.2) is 35.8 Å². The van der Waals surface area contributed by atoms with Crippen molar-refractivity contribution in [2.75, 3.05) is 18.3 Å². The van der Waals surface area contributed by atoms with Crippen LogP contribution in [0.1, 0.15) is 0 Å². The van der Waals surface area contributed by atoms with Gasteiger partial charge in [0.1, 0.15) is 12.2 Å². The molecule has 58 valence electrons. The fourth-order valence-electron chi connectivity index (χ4n) is 0.979. The van der Waals surface area contributed by atoms with Crippen molar-refractivity contribution < 1.29 is 14.9 Å². The molecule has 1 N–H and O–H groups in total. The summed E-state index contributed by atoms with van der Waals surface area (Å²) in [7, 11) is -1.02. The fourth-order valence-corrected chi connectivity index (χ4v) is 2.68. The molecule has 1 unspecified atom stereocenters. The molecule has 0 bridgehead atoms. The molecule has 0 aliphatic carbocycles. The highest BCUT2D eigenvalue weighted by Crippen LogP contribution is 2.41. The lowest BCUT2D eigenvalue weighted by molar-refractivity contribution is -0.473. The Labute approximate surface area is 61.5 Å². The highest BCUT2D eigenvalue weighted by Gasteiger charge is 2.33. The molecule has 1 heterocycles. The van der Waals surface area contributed by atoms with Crippen LogP contribution in [0.25, 0.3) is 0 Å². The van der Waals surface area contributed by atoms with Crippen molar-refractivity contribution in [3.8, 4) is 0 Å². The topological polar surface area (TPSA) is 54.1 Å². The number of carbonyl (C=O) groups is 1. The predicted octanol–water partition coefficient (Wildman–Crippen LogP) is -2.71. The van der Waals surface area contributed by atoms with Gasteiger partial charge in [0.15, 0.2) is 0 Å². The molecule has 0 radical (unpaired) electrons. The van der Waals surface area contributed by atoms with E-state index >= 15 is 0 Å². The quantitative estimate of drug-likeness (QED) is 0.455. The van der Waals surface area contributed by atoms with Crippen molar-refractivity contribution in [2.45, 2.75) is 5.37 Å². The number of hydrogen-bond donors (Lipinski definition) is 1. The zero-order chi connectivity index (χ0) is 7.78. The Balaban J connectivity index is 2.77. The molecule has 0 amide bonds. The van der Waals surface area contributed by atoms with Gasteiger partial charge >= 0.3 is 0 Å². The van der Waals surface area contributed by atoms with E-state index in [2.05, 4.69) is 4.99 Å². The summed E-state index contributed by atoms with van der Waals surface area (Å²) in [5.74, 6) is -0.111. The Hall–Kier alpha value is -0.510. The number of hydrogen-bond acceptors (Lipinski definition) is 2. The lowest BCUT2D eigenvalue weighted by Gasteiger charge is -2.26. The van der Waals surface area contributed by atoms with Crippen molar-refractivity contribution in [1.82, 2.24) is 0 Å². The molecule has 0 aromatic rings. The highest BCUT2D eigenvalue weighted by atomic mass is 32.3. The van der Waals surface area contributed by atoms with Gasteiger partial charge in [0, 0.05) is 0 Å². The lowest BCUT2D eigenvalue weighted by atomic mass is 10.7. The van der Waals surface area contributed by atoms with E-state index < -0.39 is 21.4 Å². The van der Waals surface area contributed by atoms with Crippen LogP contribution in [0.3, 0.4) is 0 Å². The van der Waals surface area contributed by atoms with Gasteiger partial charge < -0.3 is 9.90 Å². The molecule has 1 aliphatic heterocycles. The SMILES string of the molecule is CS1(C)CC=[NH+]C1C(=O)[O-]. The summed E-state index contributed by atoms with van der Waals surface area (Å²) >= 11 is 0. The molecular formula is C6H11NO2S. The van der Waals surface area contributed by atoms with Gasteiger partial charge in [0.2, 0.25) is 5.37 Å². The zero-order valence-electron chi connectivity index (χ0n) is 6.09. The molecule has 1 rings (SSSR count). The van der Waals surface area contributed by atoms with Crippen LogP contribution in [0.5, 0.6) is 0 Å². The third-order valence-electron chi connectivity index (χ3n) is 1.63. The Kier molecular flexibility index (Phi) is 1.72. The minimum atomic E-state index is -1.02. The maximum Gasteiger partial charge on any atom is 0.221 e.